The predicted octanol–water partition coefficient (Wildman–Crippen LogP) is 5.52. The Labute approximate surface area is 225 Å². The molecule has 1 aromatic rings. The molecule has 5 nitrogen and oxygen atoms in total. The van der Waals surface area contributed by atoms with Gasteiger partial charge in [-0.2, -0.15) is 0 Å². The Hall–Kier alpha value is -1.59. The normalized spacial score (nSPS) is 40.2. The molecule has 204 valence electrons. The van der Waals surface area contributed by atoms with Crippen LogP contribution in [0, 0.1) is 25.2 Å². The van der Waals surface area contributed by atoms with Gasteiger partial charge >= 0.3 is 0 Å². The van der Waals surface area contributed by atoms with Crippen molar-refractivity contribution in [2.24, 2.45) is 11.3 Å². The van der Waals surface area contributed by atoms with E-state index in [1.807, 2.05) is 0 Å². The number of carbonyl (C=O) groups excluding carboxylic acids is 1. The summed E-state index contributed by atoms with van der Waals surface area (Å²) in [6.07, 6.45) is 2.79. The monoisotopic (exact) mass is 511 g/mol. The summed E-state index contributed by atoms with van der Waals surface area (Å²) in [4.78, 5) is 14.0. The lowest BCUT2D eigenvalue weighted by Gasteiger charge is -2.80. The van der Waals surface area contributed by atoms with Crippen LogP contribution in [0.1, 0.15) is 103 Å². The van der Waals surface area contributed by atoms with E-state index < -0.39 is 22.5 Å². The summed E-state index contributed by atoms with van der Waals surface area (Å²) >= 11 is 0. The summed E-state index contributed by atoms with van der Waals surface area (Å²) in [6.45, 7) is 24.6. The third-order valence-corrected chi connectivity index (χ3v) is 12.9. The number of hydrogen-bond donors (Lipinski definition) is 1. The second-order valence-corrected chi connectivity index (χ2v) is 15.0. The first-order valence-electron chi connectivity index (χ1n) is 14.9. The first kappa shape index (κ1) is 24.5. The van der Waals surface area contributed by atoms with Crippen LogP contribution < -0.4 is 9.47 Å². The lowest BCUT2D eigenvalue weighted by molar-refractivity contribution is -1.04. The van der Waals surface area contributed by atoms with Crippen molar-refractivity contribution in [3.05, 3.63) is 22.3 Å². The second-order valence-electron chi connectivity index (χ2n) is 15.0. The molecule has 2 bridgehead atoms. The molecule has 6 rings (SSSR count). The van der Waals surface area contributed by atoms with E-state index in [2.05, 4.69) is 69.2 Å². The Morgan fingerprint density at radius 2 is 1.76 bits per heavy atom. The van der Waals surface area contributed by atoms with Gasteiger partial charge in [-0.1, -0.05) is 13.8 Å². The molecule has 1 saturated heterocycles. The van der Waals surface area contributed by atoms with Crippen LogP contribution in [0.2, 0.25) is 0 Å². The molecule has 2 aliphatic heterocycles. The molecule has 37 heavy (non-hydrogen) atoms. The van der Waals surface area contributed by atoms with Crippen molar-refractivity contribution in [1.82, 2.24) is 0 Å². The topological polar surface area (TPSA) is 55.8 Å². The van der Waals surface area contributed by atoms with Crippen molar-refractivity contribution in [2.45, 2.75) is 135 Å². The molecule has 5 aliphatic rings. The van der Waals surface area contributed by atoms with Crippen LogP contribution in [0.25, 0.3) is 0 Å². The smallest absolute Gasteiger partial charge is 0.211 e. The Bertz CT molecular complexity index is 1250. The molecule has 3 fully saturated rings. The highest BCUT2D eigenvalue weighted by molar-refractivity contribution is 5.91. The highest BCUT2D eigenvalue weighted by Gasteiger charge is 2.89. The van der Waals surface area contributed by atoms with E-state index in [0.29, 0.717) is 24.8 Å². The zero-order chi connectivity index (χ0) is 28.0. The maximum Gasteiger partial charge on any atom is 0.211 e. The standard InChI is InChI=1S/C32H48NO4/c1-17(2)33(16-20-12-13-20)27-28(5,6)22-18(3)19(4)24(36-11)25-23(22)32(29(7,8)30(33,9)10)26(37-25)21(34)14-15-31(27,32)35/h17,20,26-27,35H,12-16H2,1-11H3/q+1/t26-,27+,31-,32-,33?/m0/s1/i35D. The Balaban J connectivity index is 1.89. The van der Waals surface area contributed by atoms with Gasteiger partial charge in [-0.15, -0.1) is 0 Å². The fourth-order valence-corrected chi connectivity index (χ4v) is 10.9. The number of ether oxygens (including phenoxy) is 2. The van der Waals surface area contributed by atoms with Crippen molar-refractivity contribution in [3.8, 4) is 11.5 Å². The van der Waals surface area contributed by atoms with Gasteiger partial charge in [0.15, 0.2) is 23.4 Å². The van der Waals surface area contributed by atoms with Gasteiger partial charge in [0, 0.05) is 28.7 Å². The van der Waals surface area contributed by atoms with E-state index in [-0.39, 0.29) is 22.8 Å². The van der Waals surface area contributed by atoms with E-state index in [9.17, 15) is 4.79 Å². The van der Waals surface area contributed by atoms with E-state index in [4.69, 9.17) is 16.0 Å². The van der Waals surface area contributed by atoms with E-state index >= 15 is 0 Å². The first-order valence-corrected chi connectivity index (χ1v) is 14.5. The highest BCUT2D eigenvalue weighted by Crippen LogP contribution is 2.78. The number of Topliss-reactive ketones (excluding diaryl/α,β-unsaturated/α-hetero) is 1. The number of likely N-dealkylation sites (tertiary alicyclic amines) is 1. The summed E-state index contributed by atoms with van der Waals surface area (Å²) < 4.78 is 22.8. The third kappa shape index (κ3) is 2.34. The fraction of sp³-hybridized carbons (Fsp3) is 0.781. The molecular weight excluding hydrogens is 462 g/mol. The fourth-order valence-electron chi connectivity index (χ4n) is 10.9. The summed E-state index contributed by atoms with van der Waals surface area (Å²) in [5, 5.41) is 6.33. The summed E-state index contributed by atoms with van der Waals surface area (Å²) in [7, 11) is 1.70. The summed E-state index contributed by atoms with van der Waals surface area (Å²) in [5.74, 6) is 2.27. The third-order valence-electron chi connectivity index (χ3n) is 12.9. The zero-order valence-corrected chi connectivity index (χ0v) is 24.9. The Kier molecular flexibility index (Phi) is 4.58. The highest BCUT2D eigenvalue weighted by atomic mass is 16.5. The minimum Gasteiger partial charge on any atom is -0.493 e. The number of carbonyl (C=O) groups is 1. The van der Waals surface area contributed by atoms with E-state index in [1.165, 1.54) is 24.0 Å². The van der Waals surface area contributed by atoms with Crippen LogP contribution in [0.3, 0.4) is 0 Å². The molecule has 0 amide bonds. The number of methoxy groups -OCH3 is 1. The average molecular weight is 512 g/mol. The number of nitrogens with zero attached hydrogens (tertiary/aromatic N) is 1. The SMILES string of the molecule is [2H]O[C@]12CCC(=O)[C@@H]3Oc4c(OC)c(C)c(C)c5c4[C@@]31C(C)(C)C(C)(C)[N+](CC1CC1)(C(C)C)[C@@H]2C5(C)C. The van der Waals surface area contributed by atoms with Crippen LogP contribution in [-0.2, 0) is 15.6 Å². The number of quaternary nitrogens is 1. The zero-order valence-electron chi connectivity index (χ0n) is 25.9. The second kappa shape index (κ2) is 6.94. The minimum atomic E-state index is -0.877. The van der Waals surface area contributed by atoms with Gasteiger partial charge < -0.3 is 19.1 Å². The molecule has 5 heteroatoms. The van der Waals surface area contributed by atoms with Crippen molar-refractivity contribution in [1.29, 1.82) is 1.43 Å². The molecule has 0 radical (unpaired) electrons. The van der Waals surface area contributed by atoms with Gasteiger partial charge in [-0.3, -0.25) is 4.79 Å². The first-order chi connectivity index (χ1) is 17.6. The van der Waals surface area contributed by atoms with Gasteiger partial charge in [0.05, 0.1) is 25.1 Å². The van der Waals surface area contributed by atoms with Crippen LogP contribution in [0.4, 0.5) is 0 Å². The van der Waals surface area contributed by atoms with Gasteiger partial charge in [0.25, 0.3) is 0 Å². The minimum absolute atomic E-state index is 0.0136. The van der Waals surface area contributed by atoms with Crippen LogP contribution in [0.15, 0.2) is 0 Å². The van der Waals surface area contributed by atoms with E-state index in [1.54, 1.807) is 7.11 Å². The van der Waals surface area contributed by atoms with Crippen molar-refractivity contribution < 1.29 is 23.9 Å². The molecule has 1 aromatic carbocycles. The van der Waals surface area contributed by atoms with Crippen LogP contribution in [0.5, 0.6) is 11.5 Å². The van der Waals surface area contributed by atoms with Gasteiger partial charge in [-0.25, -0.2) is 0 Å². The predicted molar refractivity (Wildman–Crippen MR) is 145 cm³/mol. The summed E-state index contributed by atoms with van der Waals surface area (Å²) in [6, 6.07) is 0.304. The number of hydrogen-bond acceptors (Lipinski definition) is 4. The lowest BCUT2D eigenvalue weighted by Crippen LogP contribution is -2.95. The number of aliphatic hydroxyl groups is 1. The lowest BCUT2D eigenvalue weighted by atomic mass is 9.33. The number of rotatable bonds is 5. The molecule has 2 heterocycles. The Morgan fingerprint density at radius 3 is 2.30 bits per heavy atom. The van der Waals surface area contributed by atoms with Gasteiger partial charge in [-0.05, 0) is 91.3 Å². The quantitative estimate of drug-likeness (QED) is 0.529. The van der Waals surface area contributed by atoms with Crippen LogP contribution >= 0.6 is 0 Å². The number of benzene rings is 1. The van der Waals surface area contributed by atoms with E-state index in [0.717, 1.165) is 33.7 Å². The molecule has 1 N–H and O–H groups in total. The van der Waals surface area contributed by atoms with Crippen LogP contribution in [-0.4, -0.2) is 59.8 Å². The van der Waals surface area contributed by atoms with Crippen molar-refractivity contribution in [2.75, 3.05) is 13.7 Å². The van der Waals surface area contributed by atoms with Gasteiger partial charge in [0.1, 0.15) is 17.2 Å². The molecule has 2 saturated carbocycles. The molecule has 5 atom stereocenters. The maximum absolute atomic E-state index is 14.0. The number of ketones is 1. The molecule has 0 aromatic heterocycles. The number of piperidine rings is 1. The summed E-state index contributed by atoms with van der Waals surface area (Å²) in [5.41, 5.74) is 2.00. The van der Waals surface area contributed by atoms with Crippen molar-refractivity contribution in [3.63, 3.8) is 0 Å². The largest absolute Gasteiger partial charge is 0.493 e. The molecular formula is C32H48NO4+. The molecule has 1 unspecified atom stereocenters. The average Bonchev–Trinajstić information content (AvgIpc) is 3.57. The molecule has 3 aliphatic carbocycles. The Morgan fingerprint density at radius 1 is 1.11 bits per heavy atom. The van der Waals surface area contributed by atoms with Gasteiger partial charge in [0.2, 0.25) is 1.43 Å². The molecule has 1 spiro atoms. The maximum atomic E-state index is 14.0. The van der Waals surface area contributed by atoms with Crippen molar-refractivity contribution >= 4 is 5.78 Å².